The van der Waals surface area contributed by atoms with Crippen LogP contribution in [0.5, 0.6) is 0 Å². The summed E-state index contributed by atoms with van der Waals surface area (Å²) in [6, 6.07) is 7.34. The van der Waals surface area contributed by atoms with Gasteiger partial charge in [-0.1, -0.05) is 12.1 Å². The molecule has 1 saturated carbocycles. The van der Waals surface area contributed by atoms with E-state index in [-0.39, 0.29) is 29.5 Å². The van der Waals surface area contributed by atoms with Crippen molar-refractivity contribution in [3.63, 3.8) is 0 Å². The number of nitrogens with zero attached hydrogens (tertiary/aromatic N) is 3. The molecular weight excluding hydrogens is 373 g/mol. The summed E-state index contributed by atoms with van der Waals surface area (Å²) in [5.74, 6) is -0.405. The first-order valence-electron chi connectivity index (χ1n) is 10.0. The lowest BCUT2D eigenvalue weighted by molar-refractivity contribution is -0.122. The van der Waals surface area contributed by atoms with Crippen LogP contribution in [-0.4, -0.2) is 34.4 Å². The average molecular weight is 397 g/mol. The maximum atomic E-state index is 14.5. The minimum absolute atomic E-state index is 0.0752. The van der Waals surface area contributed by atoms with Gasteiger partial charge in [-0.15, -0.1) is 0 Å². The lowest BCUT2D eigenvalue weighted by atomic mass is 9.86. The molecule has 2 aliphatic rings. The van der Waals surface area contributed by atoms with Crippen LogP contribution in [0.1, 0.15) is 38.5 Å². The van der Waals surface area contributed by atoms with E-state index in [0.29, 0.717) is 24.5 Å². The Hall–Kier alpha value is -3.03. The topological polar surface area (TPSA) is 101 Å². The van der Waals surface area contributed by atoms with Crippen LogP contribution in [-0.2, 0) is 9.59 Å². The maximum absolute atomic E-state index is 14.5. The van der Waals surface area contributed by atoms with Crippen LogP contribution in [0.2, 0.25) is 0 Å². The minimum atomic E-state index is -0.516. The van der Waals surface area contributed by atoms with Crippen LogP contribution in [0.15, 0.2) is 30.5 Å². The van der Waals surface area contributed by atoms with Crippen molar-refractivity contribution in [1.82, 2.24) is 9.97 Å². The predicted octanol–water partition coefficient (Wildman–Crippen LogP) is 2.87. The summed E-state index contributed by atoms with van der Waals surface area (Å²) in [7, 11) is 0. The Balaban J connectivity index is 1.52. The molecule has 8 heteroatoms. The van der Waals surface area contributed by atoms with Gasteiger partial charge in [-0.3, -0.25) is 9.59 Å². The van der Waals surface area contributed by atoms with Gasteiger partial charge in [0.2, 0.25) is 17.8 Å². The van der Waals surface area contributed by atoms with Crippen molar-refractivity contribution in [1.29, 1.82) is 0 Å². The van der Waals surface area contributed by atoms with Crippen molar-refractivity contribution in [2.45, 2.75) is 44.6 Å². The number of amides is 2. The van der Waals surface area contributed by atoms with Crippen molar-refractivity contribution in [3.05, 3.63) is 36.3 Å². The van der Waals surface area contributed by atoms with Gasteiger partial charge in [0.25, 0.3) is 0 Å². The van der Waals surface area contributed by atoms with Crippen LogP contribution in [0, 0.1) is 11.7 Å². The molecule has 2 amide bonds. The molecule has 1 aromatic carbocycles. The second kappa shape index (κ2) is 8.14. The van der Waals surface area contributed by atoms with Crippen LogP contribution in [0.3, 0.4) is 0 Å². The van der Waals surface area contributed by atoms with E-state index in [9.17, 15) is 14.0 Å². The first-order valence-corrected chi connectivity index (χ1v) is 10.0. The molecule has 4 rings (SSSR count). The smallest absolute Gasteiger partial charge is 0.227 e. The minimum Gasteiger partial charge on any atom is -0.369 e. The molecule has 29 heavy (non-hydrogen) atoms. The number of aromatic nitrogens is 2. The first-order chi connectivity index (χ1) is 14.0. The molecule has 3 N–H and O–H groups in total. The fourth-order valence-electron chi connectivity index (χ4n) is 4.09. The molecule has 1 saturated heterocycles. The number of anilines is 2. The van der Waals surface area contributed by atoms with Crippen LogP contribution >= 0.6 is 0 Å². The number of halogens is 1. The van der Waals surface area contributed by atoms with Gasteiger partial charge in [0, 0.05) is 36.2 Å². The molecule has 1 aliphatic heterocycles. The Morgan fingerprint density at radius 3 is 2.72 bits per heavy atom. The molecule has 152 valence electrons. The van der Waals surface area contributed by atoms with E-state index >= 15 is 0 Å². The van der Waals surface area contributed by atoms with E-state index in [2.05, 4.69) is 15.3 Å². The van der Waals surface area contributed by atoms with Gasteiger partial charge in [0.15, 0.2) is 5.82 Å². The Labute approximate surface area is 168 Å². The van der Waals surface area contributed by atoms with E-state index < -0.39 is 5.82 Å². The summed E-state index contributed by atoms with van der Waals surface area (Å²) < 4.78 is 14.5. The summed E-state index contributed by atoms with van der Waals surface area (Å²) in [4.78, 5) is 33.5. The van der Waals surface area contributed by atoms with Crippen molar-refractivity contribution in [3.8, 4) is 11.3 Å². The number of carbonyl (C=O) groups is 2. The third kappa shape index (κ3) is 4.21. The summed E-state index contributed by atoms with van der Waals surface area (Å²) in [5, 5.41) is 3.25. The molecule has 0 radical (unpaired) electrons. The normalized spacial score (nSPS) is 22.0. The largest absolute Gasteiger partial charge is 0.369 e. The number of hydrogen-bond donors (Lipinski definition) is 2. The van der Waals surface area contributed by atoms with Crippen LogP contribution < -0.4 is 16.0 Å². The fourth-order valence-corrected chi connectivity index (χ4v) is 4.09. The van der Waals surface area contributed by atoms with Crippen LogP contribution in [0.4, 0.5) is 16.0 Å². The zero-order valence-electron chi connectivity index (χ0n) is 16.1. The number of nitrogens with one attached hydrogen (secondary N) is 1. The SMILES string of the molecule is NC(=O)C1CCC(Nc2ncc(F)c(-c3cccc(N4CCCC4=O)c3)n2)CC1. The molecule has 7 nitrogen and oxygen atoms in total. The molecule has 0 spiro atoms. The van der Waals surface area contributed by atoms with Gasteiger partial charge in [-0.2, -0.15) is 0 Å². The highest BCUT2D eigenvalue weighted by Crippen LogP contribution is 2.29. The van der Waals surface area contributed by atoms with Gasteiger partial charge in [0.1, 0.15) is 5.69 Å². The molecular formula is C21H24FN5O2. The van der Waals surface area contributed by atoms with Crippen molar-refractivity contribution < 1.29 is 14.0 Å². The second-order valence-corrected chi connectivity index (χ2v) is 7.68. The van der Waals surface area contributed by atoms with Gasteiger partial charge in [0.05, 0.1) is 6.20 Å². The molecule has 0 bridgehead atoms. The zero-order valence-corrected chi connectivity index (χ0v) is 16.1. The van der Waals surface area contributed by atoms with E-state index in [1.165, 1.54) is 0 Å². The lowest BCUT2D eigenvalue weighted by Gasteiger charge is -2.27. The molecule has 1 aliphatic carbocycles. The average Bonchev–Trinajstić information content (AvgIpc) is 3.16. The third-order valence-electron chi connectivity index (χ3n) is 5.71. The lowest BCUT2D eigenvalue weighted by Crippen LogP contribution is -2.32. The van der Waals surface area contributed by atoms with E-state index in [1.54, 1.807) is 23.1 Å². The molecule has 2 fully saturated rings. The maximum Gasteiger partial charge on any atom is 0.227 e. The molecule has 0 atom stereocenters. The Bertz CT molecular complexity index is 927. The quantitative estimate of drug-likeness (QED) is 0.808. The number of primary amides is 1. The monoisotopic (exact) mass is 397 g/mol. The van der Waals surface area contributed by atoms with Gasteiger partial charge in [-0.05, 0) is 44.2 Å². The van der Waals surface area contributed by atoms with Crippen LogP contribution in [0.25, 0.3) is 11.3 Å². The van der Waals surface area contributed by atoms with Crippen molar-refractivity contribution >= 4 is 23.5 Å². The summed E-state index contributed by atoms with van der Waals surface area (Å²) >= 11 is 0. The van der Waals surface area contributed by atoms with Gasteiger partial charge in [-0.25, -0.2) is 14.4 Å². The highest BCUT2D eigenvalue weighted by Gasteiger charge is 2.25. The van der Waals surface area contributed by atoms with Gasteiger partial charge < -0.3 is 16.0 Å². The number of nitrogens with two attached hydrogens (primary N) is 1. The summed E-state index contributed by atoms with van der Waals surface area (Å²) in [6.07, 6.45) is 5.56. The predicted molar refractivity (Wildman–Crippen MR) is 108 cm³/mol. The Morgan fingerprint density at radius 2 is 2.03 bits per heavy atom. The Kier molecular flexibility index (Phi) is 5.42. The highest BCUT2D eigenvalue weighted by molar-refractivity contribution is 5.95. The highest BCUT2D eigenvalue weighted by atomic mass is 19.1. The number of benzene rings is 1. The number of hydrogen-bond acceptors (Lipinski definition) is 5. The summed E-state index contributed by atoms with van der Waals surface area (Å²) in [6.45, 7) is 0.676. The van der Waals surface area contributed by atoms with Crippen molar-refractivity contribution in [2.75, 3.05) is 16.8 Å². The molecule has 2 aromatic rings. The zero-order chi connectivity index (χ0) is 20.4. The molecule has 1 aromatic heterocycles. The van der Waals surface area contributed by atoms with Crippen molar-refractivity contribution in [2.24, 2.45) is 11.7 Å². The first kappa shape index (κ1) is 19.3. The van der Waals surface area contributed by atoms with E-state index in [0.717, 1.165) is 44.0 Å². The Morgan fingerprint density at radius 1 is 1.24 bits per heavy atom. The number of carbonyl (C=O) groups excluding carboxylic acids is 2. The molecule has 0 unspecified atom stereocenters. The second-order valence-electron chi connectivity index (χ2n) is 7.68. The van der Waals surface area contributed by atoms with E-state index in [4.69, 9.17) is 5.73 Å². The molecule has 2 heterocycles. The van der Waals surface area contributed by atoms with Gasteiger partial charge >= 0.3 is 0 Å². The standard InChI is InChI=1S/C21H24FN5O2/c22-17-12-24-21(25-15-8-6-13(7-9-15)20(23)29)26-19(17)14-3-1-4-16(11-14)27-10-2-5-18(27)28/h1,3-4,11-13,15H,2,5-10H2,(H2,23,29)(H,24,25,26). The van der Waals surface area contributed by atoms with E-state index in [1.807, 2.05) is 6.07 Å². The summed E-state index contributed by atoms with van der Waals surface area (Å²) in [5.41, 5.74) is 6.93. The third-order valence-corrected chi connectivity index (χ3v) is 5.71. The number of rotatable bonds is 5. The fraction of sp³-hybridized carbons (Fsp3) is 0.429.